The summed E-state index contributed by atoms with van der Waals surface area (Å²) in [5.74, 6) is -0.902. The zero-order valence-corrected chi connectivity index (χ0v) is 55.2. The van der Waals surface area contributed by atoms with Gasteiger partial charge in [-0.3, -0.25) is 14.4 Å². The van der Waals surface area contributed by atoms with Crippen molar-refractivity contribution >= 4 is 17.9 Å². The summed E-state index contributed by atoms with van der Waals surface area (Å²) in [4.78, 5) is 38.5. The van der Waals surface area contributed by atoms with Crippen molar-refractivity contribution in [1.29, 1.82) is 0 Å². The molecule has 0 radical (unpaired) electrons. The van der Waals surface area contributed by atoms with Gasteiger partial charge in [-0.15, -0.1) is 0 Å². The van der Waals surface area contributed by atoms with Crippen LogP contribution in [0.5, 0.6) is 0 Å². The molecule has 0 saturated carbocycles. The van der Waals surface area contributed by atoms with E-state index in [0.717, 1.165) is 96.3 Å². The predicted molar refractivity (Wildman–Crippen MR) is 362 cm³/mol. The van der Waals surface area contributed by atoms with E-state index in [2.05, 4.69) is 106 Å². The van der Waals surface area contributed by atoms with Gasteiger partial charge in [0.05, 0.1) is 0 Å². The zero-order chi connectivity index (χ0) is 59.9. The largest absolute Gasteiger partial charge is 0.462 e. The van der Waals surface area contributed by atoms with E-state index >= 15 is 0 Å². The summed E-state index contributed by atoms with van der Waals surface area (Å²) in [6, 6.07) is 0. The molecule has 0 aromatic heterocycles. The Morgan fingerprint density at radius 3 is 0.759 bits per heavy atom. The van der Waals surface area contributed by atoms with Crippen molar-refractivity contribution < 1.29 is 28.6 Å². The van der Waals surface area contributed by atoms with Gasteiger partial charge < -0.3 is 14.2 Å². The molecule has 6 heteroatoms. The summed E-state index contributed by atoms with van der Waals surface area (Å²) in [6.07, 6.45) is 94.7. The van der Waals surface area contributed by atoms with Crippen molar-refractivity contribution in [3.05, 3.63) is 85.1 Å². The lowest BCUT2D eigenvalue weighted by molar-refractivity contribution is -0.167. The summed E-state index contributed by atoms with van der Waals surface area (Å²) in [6.45, 7) is 6.55. The van der Waals surface area contributed by atoms with Gasteiger partial charge in [0.15, 0.2) is 6.10 Å². The molecular weight excluding hydrogens is 1020 g/mol. The highest BCUT2D eigenvalue weighted by atomic mass is 16.6. The van der Waals surface area contributed by atoms with Crippen LogP contribution in [-0.2, 0) is 28.6 Å². The van der Waals surface area contributed by atoms with E-state index in [1.807, 2.05) is 0 Å². The van der Waals surface area contributed by atoms with Crippen LogP contribution in [0.3, 0.4) is 0 Å². The number of allylic oxidation sites excluding steroid dienone is 14. The molecule has 0 aromatic carbocycles. The SMILES string of the molecule is CC/C=C\C/C=C\C/C=C\C/C=C\C/C=C\CCCCCC(=O)OCC(COC(=O)CCCCCCCCCCCCCCC/C=C\CCCCCCCCCC)OC(=O)CCCCCCCCCCC/C=C\CCCCCCCCCC. The maximum atomic E-state index is 13.0. The summed E-state index contributed by atoms with van der Waals surface area (Å²) in [7, 11) is 0. The molecule has 0 N–H and O–H groups in total. The van der Waals surface area contributed by atoms with E-state index < -0.39 is 6.10 Å². The molecule has 0 amide bonds. The first-order chi connectivity index (χ1) is 41.0. The summed E-state index contributed by atoms with van der Waals surface area (Å²) in [5.41, 5.74) is 0. The number of esters is 3. The molecule has 0 saturated heterocycles. The lowest BCUT2D eigenvalue weighted by Crippen LogP contribution is -2.30. The highest BCUT2D eigenvalue weighted by Gasteiger charge is 2.19. The van der Waals surface area contributed by atoms with Crippen LogP contribution in [0, 0.1) is 0 Å². The molecular formula is C77H136O6. The van der Waals surface area contributed by atoms with Crippen LogP contribution in [0.25, 0.3) is 0 Å². The third-order valence-corrected chi connectivity index (χ3v) is 15.9. The molecule has 0 fully saturated rings. The lowest BCUT2D eigenvalue weighted by atomic mass is 10.0. The second kappa shape index (κ2) is 71.1. The molecule has 0 bridgehead atoms. The molecule has 0 rings (SSSR count). The Balaban J connectivity index is 4.38. The zero-order valence-electron chi connectivity index (χ0n) is 55.2. The summed E-state index contributed by atoms with van der Waals surface area (Å²) in [5, 5.41) is 0. The molecule has 0 aliphatic carbocycles. The summed E-state index contributed by atoms with van der Waals surface area (Å²) < 4.78 is 17.0. The number of hydrogen-bond donors (Lipinski definition) is 0. The number of rotatable bonds is 66. The van der Waals surface area contributed by atoms with Gasteiger partial charge in [0.2, 0.25) is 0 Å². The number of ether oxygens (including phenoxy) is 3. The Morgan fingerprint density at radius 1 is 0.253 bits per heavy atom. The van der Waals surface area contributed by atoms with Gasteiger partial charge in [-0.2, -0.15) is 0 Å². The van der Waals surface area contributed by atoms with Crippen LogP contribution in [0.4, 0.5) is 0 Å². The monoisotopic (exact) mass is 1160 g/mol. The van der Waals surface area contributed by atoms with E-state index in [0.29, 0.717) is 19.3 Å². The Hall–Kier alpha value is -3.41. The summed E-state index contributed by atoms with van der Waals surface area (Å²) >= 11 is 0. The van der Waals surface area contributed by atoms with E-state index in [1.165, 1.54) is 231 Å². The molecule has 0 aliphatic heterocycles. The second-order valence-corrected chi connectivity index (χ2v) is 24.1. The topological polar surface area (TPSA) is 78.9 Å². The normalized spacial score (nSPS) is 12.6. The predicted octanol–water partition coefficient (Wildman–Crippen LogP) is 25.0. The van der Waals surface area contributed by atoms with Crippen LogP contribution in [-0.4, -0.2) is 37.2 Å². The average molecular weight is 1160 g/mol. The fraction of sp³-hybridized carbons (Fsp3) is 0.779. The quantitative estimate of drug-likeness (QED) is 0.0261. The van der Waals surface area contributed by atoms with Crippen LogP contribution in [0.15, 0.2) is 85.1 Å². The standard InChI is InChI=1S/C77H136O6/c1-4-7-10-13-16-19-22-25-28-31-34-36-37-38-39-41-43-46-49-52-55-58-61-64-67-70-76(79)82-73-74(72-81-75(78)69-66-63-60-57-54-51-48-45-42-33-30-27-24-21-18-15-12-9-6-3)83-77(80)71-68-65-62-59-56-53-50-47-44-40-35-32-29-26-23-20-17-14-11-8-5-2/h9,12,18,21,27,30-32,34-35,42,45,51,54,74H,4-8,10-11,13-17,19-20,22-26,28-29,33,36-41,43-44,46-50,52-53,55-73H2,1-3H3/b12-9-,21-18-,30-27-,34-31-,35-32-,45-42-,54-51-. The Labute approximate surface area is 515 Å². The van der Waals surface area contributed by atoms with Crippen LogP contribution in [0.2, 0.25) is 0 Å². The first-order valence-electron chi connectivity index (χ1n) is 36.1. The van der Waals surface area contributed by atoms with E-state index in [9.17, 15) is 14.4 Å². The van der Waals surface area contributed by atoms with Crippen LogP contribution < -0.4 is 0 Å². The Kier molecular flexibility index (Phi) is 68.2. The molecule has 83 heavy (non-hydrogen) atoms. The maximum absolute atomic E-state index is 13.0. The molecule has 0 aliphatic rings. The van der Waals surface area contributed by atoms with Crippen molar-refractivity contribution in [2.24, 2.45) is 0 Å². The van der Waals surface area contributed by atoms with Gasteiger partial charge in [-0.1, -0.05) is 318 Å². The van der Waals surface area contributed by atoms with Gasteiger partial charge >= 0.3 is 17.9 Å². The van der Waals surface area contributed by atoms with Crippen molar-refractivity contribution in [3.63, 3.8) is 0 Å². The van der Waals surface area contributed by atoms with E-state index in [-0.39, 0.29) is 31.1 Å². The van der Waals surface area contributed by atoms with Crippen molar-refractivity contribution in [2.75, 3.05) is 13.2 Å². The Morgan fingerprint density at radius 2 is 0.470 bits per heavy atom. The minimum absolute atomic E-state index is 0.0858. The third kappa shape index (κ3) is 69.3. The average Bonchev–Trinajstić information content (AvgIpc) is 3.49. The van der Waals surface area contributed by atoms with Gasteiger partial charge in [-0.05, 0) is 116 Å². The Bertz CT molecular complexity index is 1570. The minimum atomic E-state index is -0.794. The molecule has 6 nitrogen and oxygen atoms in total. The fourth-order valence-electron chi connectivity index (χ4n) is 10.5. The molecule has 0 spiro atoms. The highest BCUT2D eigenvalue weighted by Crippen LogP contribution is 2.17. The molecule has 1 unspecified atom stereocenters. The van der Waals surface area contributed by atoms with Crippen molar-refractivity contribution in [2.45, 2.75) is 374 Å². The van der Waals surface area contributed by atoms with Crippen molar-refractivity contribution in [3.8, 4) is 0 Å². The number of unbranched alkanes of at least 4 members (excludes halogenated alkanes) is 41. The molecule has 480 valence electrons. The second-order valence-electron chi connectivity index (χ2n) is 24.1. The fourth-order valence-corrected chi connectivity index (χ4v) is 10.5. The first-order valence-corrected chi connectivity index (χ1v) is 36.1. The molecule has 0 aromatic rings. The number of carbonyl (C=O) groups excluding carboxylic acids is 3. The smallest absolute Gasteiger partial charge is 0.306 e. The van der Waals surface area contributed by atoms with Crippen molar-refractivity contribution in [1.82, 2.24) is 0 Å². The van der Waals surface area contributed by atoms with E-state index in [1.54, 1.807) is 0 Å². The lowest BCUT2D eigenvalue weighted by Gasteiger charge is -2.18. The third-order valence-electron chi connectivity index (χ3n) is 15.9. The van der Waals surface area contributed by atoms with Gasteiger partial charge in [0, 0.05) is 19.3 Å². The number of hydrogen-bond acceptors (Lipinski definition) is 6. The number of carbonyl (C=O) groups is 3. The van der Waals surface area contributed by atoms with Crippen LogP contribution >= 0.6 is 0 Å². The molecule has 0 heterocycles. The highest BCUT2D eigenvalue weighted by molar-refractivity contribution is 5.71. The van der Waals surface area contributed by atoms with E-state index in [4.69, 9.17) is 14.2 Å². The first kappa shape index (κ1) is 79.6. The minimum Gasteiger partial charge on any atom is -0.462 e. The molecule has 1 atom stereocenters. The van der Waals surface area contributed by atoms with Gasteiger partial charge in [0.25, 0.3) is 0 Å². The van der Waals surface area contributed by atoms with Gasteiger partial charge in [-0.25, -0.2) is 0 Å². The maximum Gasteiger partial charge on any atom is 0.306 e. The van der Waals surface area contributed by atoms with Gasteiger partial charge in [0.1, 0.15) is 13.2 Å². The van der Waals surface area contributed by atoms with Crippen LogP contribution in [0.1, 0.15) is 367 Å².